The van der Waals surface area contributed by atoms with E-state index < -0.39 is 0 Å². The Morgan fingerprint density at radius 3 is 2.62 bits per heavy atom. The molecular formula is C11H14O2. The molecule has 0 heterocycles. The Kier molecular flexibility index (Phi) is 3.38. The lowest BCUT2D eigenvalue weighted by atomic mass is 10.1. The molecule has 70 valence electrons. The van der Waals surface area contributed by atoms with Crippen LogP contribution in [0.2, 0.25) is 0 Å². The van der Waals surface area contributed by atoms with E-state index in [0.29, 0.717) is 6.42 Å². The molecular weight excluding hydrogens is 164 g/mol. The van der Waals surface area contributed by atoms with Crippen LogP contribution in [0.5, 0.6) is 11.5 Å². The van der Waals surface area contributed by atoms with Crippen LogP contribution in [0.4, 0.5) is 0 Å². The summed E-state index contributed by atoms with van der Waals surface area (Å²) < 4.78 is 0. The summed E-state index contributed by atoms with van der Waals surface area (Å²) in [6.45, 7) is 2.06. The van der Waals surface area contributed by atoms with Gasteiger partial charge < -0.3 is 10.2 Å². The zero-order valence-corrected chi connectivity index (χ0v) is 7.70. The molecule has 1 aromatic carbocycles. The van der Waals surface area contributed by atoms with Gasteiger partial charge in [0.1, 0.15) is 11.5 Å². The smallest absolute Gasteiger partial charge is 0.122 e. The van der Waals surface area contributed by atoms with Gasteiger partial charge in [-0.05, 0) is 24.5 Å². The molecule has 0 bridgehead atoms. The van der Waals surface area contributed by atoms with Gasteiger partial charge in [0, 0.05) is 6.07 Å². The molecule has 0 saturated carbocycles. The lowest BCUT2D eigenvalue weighted by Crippen LogP contribution is -1.81. The van der Waals surface area contributed by atoms with E-state index in [4.69, 9.17) is 5.11 Å². The lowest BCUT2D eigenvalue weighted by Gasteiger charge is -2.01. The van der Waals surface area contributed by atoms with E-state index in [0.717, 1.165) is 12.0 Å². The summed E-state index contributed by atoms with van der Waals surface area (Å²) in [7, 11) is 0. The monoisotopic (exact) mass is 178 g/mol. The molecule has 1 aromatic rings. The van der Waals surface area contributed by atoms with Crippen molar-refractivity contribution >= 4 is 0 Å². The molecule has 0 aromatic heterocycles. The molecule has 2 N–H and O–H groups in total. The van der Waals surface area contributed by atoms with E-state index in [1.165, 1.54) is 6.07 Å². The van der Waals surface area contributed by atoms with Crippen LogP contribution in [-0.4, -0.2) is 10.2 Å². The zero-order valence-electron chi connectivity index (χ0n) is 7.70. The molecule has 1 rings (SSSR count). The van der Waals surface area contributed by atoms with Gasteiger partial charge in [-0.3, -0.25) is 0 Å². The summed E-state index contributed by atoms with van der Waals surface area (Å²) in [6.07, 6.45) is 5.76. The van der Waals surface area contributed by atoms with Crippen LogP contribution in [0, 0.1) is 0 Å². The van der Waals surface area contributed by atoms with Crippen LogP contribution in [-0.2, 0) is 6.42 Å². The van der Waals surface area contributed by atoms with E-state index >= 15 is 0 Å². The van der Waals surface area contributed by atoms with Gasteiger partial charge in [0.2, 0.25) is 0 Å². The van der Waals surface area contributed by atoms with Crippen LogP contribution < -0.4 is 0 Å². The van der Waals surface area contributed by atoms with Crippen molar-refractivity contribution in [2.45, 2.75) is 19.8 Å². The molecule has 0 atom stereocenters. The number of hydrogen-bond acceptors (Lipinski definition) is 2. The lowest BCUT2D eigenvalue weighted by molar-refractivity contribution is 0.447. The average Bonchev–Trinajstić information content (AvgIpc) is 2.09. The summed E-state index contributed by atoms with van der Waals surface area (Å²) in [5.41, 5.74) is 0.836. The maximum atomic E-state index is 9.40. The standard InChI is InChI=1S/C11H14O2/c1-2-3-4-5-9-6-7-10(12)8-11(9)13/h3-4,6-8,12-13H,2,5H2,1H3/b4-3-. The van der Waals surface area contributed by atoms with Crippen LogP contribution >= 0.6 is 0 Å². The molecule has 13 heavy (non-hydrogen) atoms. The Morgan fingerprint density at radius 2 is 2.00 bits per heavy atom. The minimum absolute atomic E-state index is 0.0979. The summed E-state index contributed by atoms with van der Waals surface area (Å²) >= 11 is 0. The Balaban J connectivity index is 2.72. The van der Waals surface area contributed by atoms with Gasteiger partial charge in [-0.25, -0.2) is 0 Å². The maximum Gasteiger partial charge on any atom is 0.122 e. The molecule has 2 heteroatoms. The van der Waals surface area contributed by atoms with E-state index in [1.807, 2.05) is 12.2 Å². The van der Waals surface area contributed by atoms with Crippen LogP contribution in [0.15, 0.2) is 30.4 Å². The largest absolute Gasteiger partial charge is 0.508 e. The first-order chi connectivity index (χ1) is 6.24. The first-order valence-electron chi connectivity index (χ1n) is 4.40. The second-order valence-electron chi connectivity index (χ2n) is 2.90. The molecule has 0 unspecified atom stereocenters. The number of allylic oxidation sites excluding steroid dienone is 2. The summed E-state index contributed by atoms with van der Waals surface area (Å²) in [6, 6.07) is 4.66. The third kappa shape index (κ3) is 2.82. The highest BCUT2D eigenvalue weighted by Crippen LogP contribution is 2.22. The zero-order chi connectivity index (χ0) is 9.68. The number of phenolic OH excluding ortho intramolecular Hbond substituents is 2. The second kappa shape index (κ2) is 4.55. The van der Waals surface area contributed by atoms with E-state index in [1.54, 1.807) is 12.1 Å². The van der Waals surface area contributed by atoms with E-state index in [2.05, 4.69) is 6.92 Å². The minimum Gasteiger partial charge on any atom is -0.508 e. The quantitative estimate of drug-likeness (QED) is 0.698. The number of hydrogen-bond donors (Lipinski definition) is 2. The Morgan fingerprint density at radius 1 is 1.23 bits per heavy atom. The van der Waals surface area contributed by atoms with Crippen LogP contribution in [0.25, 0.3) is 0 Å². The van der Waals surface area contributed by atoms with Gasteiger partial charge in [0.25, 0.3) is 0 Å². The molecule has 2 nitrogen and oxygen atoms in total. The van der Waals surface area contributed by atoms with Crippen molar-refractivity contribution in [1.82, 2.24) is 0 Å². The SMILES string of the molecule is CC/C=C\Cc1ccc(O)cc1O. The molecule has 0 amide bonds. The van der Waals surface area contributed by atoms with Crippen molar-refractivity contribution in [3.8, 4) is 11.5 Å². The van der Waals surface area contributed by atoms with Crippen molar-refractivity contribution < 1.29 is 10.2 Å². The first-order valence-corrected chi connectivity index (χ1v) is 4.40. The minimum atomic E-state index is 0.0979. The fourth-order valence-corrected chi connectivity index (χ4v) is 1.10. The van der Waals surface area contributed by atoms with Gasteiger partial charge in [-0.15, -0.1) is 0 Å². The normalized spacial score (nSPS) is 10.8. The van der Waals surface area contributed by atoms with Gasteiger partial charge in [0.05, 0.1) is 0 Å². The van der Waals surface area contributed by atoms with Crippen molar-refractivity contribution in [1.29, 1.82) is 0 Å². The first kappa shape index (κ1) is 9.65. The van der Waals surface area contributed by atoms with Crippen molar-refractivity contribution in [2.75, 3.05) is 0 Å². The number of aromatic hydroxyl groups is 2. The average molecular weight is 178 g/mol. The van der Waals surface area contributed by atoms with Gasteiger partial charge in [-0.1, -0.05) is 25.1 Å². The molecule has 0 saturated heterocycles. The molecule has 0 aliphatic rings. The van der Waals surface area contributed by atoms with Crippen LogP contribution in [0.3, 0.4) is 0 Å². The Hall–Kier alpha value is -1.44. The number of phenols is 2. The number of benzene rings is 1. The molecule has 0 radical (unpaired) electrons. The highest BCUT2D eigenvalue weighted by Gasteiger charge is 1.99. The highest BCUT2D eigenvalue weighted by molar-refractivity contribution is 5.39. The van der Waals surface area contributed by atoms with Crippen molar-refractivity contribution in [3.63, 3.8) is 0 Å². The molecule has 0 aliphatic carbocycles. The summed E-state index contributed by atoms with van der Waals surface area (Å²) in [5.74, 6) is 0.251. The third-order valence-corrected chi connectivity index (χ3v) is 1.81. The highest BCUT2D eigenvalue weighted by atomic mass is 16.3. The molecule has 0 aliphatic heterocycles. The van der Waals surface area contributed by atoms with Gasteiger partial charge in [0.15, 0.2) is 0 Å². The second-order valence-corrected chi connectivity index (χ2v) is 2.90. The fraction of sp³-hybridized carbons (Fsp3) is 0.273. The van der Waals surface area contributed by atoms with Crippen LogP contribution in [0.1, 0.15) is 18.9 Å². The maximum absolute atomic E-state index is 9.40. The summed E-state index contributed by atoms with van der Waals surface area (Å²) in [4.78, 5) is 0. The topological polar surface area (TPSA) is 40.5 Å². The third-order valence-electron chi connectivity index (χ3n) is 1.81. The van der Waals surface area contributed by atoms with Crippen molar-refractivity contribution in [2.24, 2.45) is 0 Å². The Bertz CT molecular complexity index is 303. The number of rotatable bonds is 3. The Labute approximate surface area is 78.2 Å². The van der Waals surface area contributed by atoms with E-state index in [9.17, 15) is 5.11 Å². The summed E-state index contributed by atoms with van der Waals surface area (Å²) in [5, 5.41) is 18.4. The molecule has 0 fully saturated rings. The fourth-order valence-electron chi connectivity index (χ4n) is 1.10. The van der Waals surface area contributed by atoms with Gasteiger partial charge in [-0.2, -0.15) is 0 Å². The molecule has 0 spiro atoms. The van der Waals surface area contributed by atoms with Gasteiger partial charge >= 0.3 is 0 Å². The predicted octanol–water partition coefficient (Wildman–Crippen LogP) is 2.61. The van der Waals surface area contributed by atoms with E-state index in [-0.39, 0.29) is 11.5 Å². The van der Waals surface area contributed by atoms with Crippen molar-refractivity contribution in [3.05, 3.63) is 35.9 Å². The predicted molar refractivity (Wildman–Crippen MR) is 52.9 cm³/mol.